The number of nitrogens with zero attached hydrogens (tertiary/aromatic N) is 3. The molecule has 0 aromatic carbocycles. The van der Waals surface area contributed by atoms with Crippen LogP contribution in [0.15, 0.2) is 29.4 Å². The van der Waals surface area contributed by atoms with Crippen molar-refractivity contribution >= 4 is 15.5 Å². The van der Waals surface area contributed by atoms with Crippen LogP contribution >= 0.6 is 0 Å². The lowest BCUT2D eigenvalue weighted by atomic mass is 10.3. The molecule has 0 radical (unpaired) electrons. The van der Waals surface area contributed by atoms with Crippen molar-refractivity contribution in [2.45, 2.75) is 24.8 Å². The lowest BCUT2D eigenvalue weighted by Gasteiger charge is -2.08. The van der Waals surface area contributed by atoms with E-state index < -0.39 is 10.0 Å². The Morgan fingerprint density at radius 2 is 2.06 bits per heavy atom. The van der Waals surface area contributed by atoms with Gasteiger partial charge in [-0.05, 0) is 18.6 Å². The van der Waals surface area contributed by atoms with E-state index in [0.717, 1.165) is 18.7 Å². The van der Waals surface area contributed by atoms with E-state index in [1.807, 2.05) is 29.7 Å². The molecule has 0 bridgehead atoms. The van der Waals surface area contributed by atoms with Crippen LogP contribution in [-0.2, 0) is 16.4 Å². The molecular weight excluding hydrogens is 250 g/mol. The van der Waals surface area contributed by atoms with E-state index >= 15 is 0 Å². The molecule has 2 rings (SSSR count). The van der Waals surface area contributed by atoms with Gasteiger partial charge in [0.05, 0.1) is 5.52 Å². The van der Waals surface area contributed by atoms with Crippen LogP contribution < -0.4 is 0 Å². The van der Waals surface area contributed by atoms with Crippen LogP contribution in [-0.4, -0.2) is 36.2 Å². The third-order valence-electron chi connectivity index (χ3n) is 2.79. The van der Waals surface area contributed by atoms with Gasteiger partial charge in [0.15, 0.2) is 5.03 Å². The second-order valence-corrected chi connectivity index (χ2v) is 6.39. The highest BCUT2D eigenvalue weighted by Gasteiger charge is 2.24. The van der Waals surface area contributed by atoms with Crippen molar-refractivity contribution in [2.75, 3.05) is 14.1 Å². The van der Waals surface area contributed by atoms with Crippen LogP contribution in [0.3, 0.4) is 0 Å². The van der Waals surface area contributed by atoms with E-state index in [1.165, 1.54) is 18.4 Å². The Hall–Kier alpha value is -1.40. The van der Waals surface area contributed by atoms with E-state index in [4.69, 9.17) is 0 Å². The first-order valence-electron chi connectivity index (χ1n) is 5.87. The SMILES string of the molecule is CCCc1nc(S(=O)(=O)N(C)C)c2ccccn12. The van der Waals surface area contributed by atoms with Crippen LogP contribution in [0, 0.1) is 0 Å². The number of aromatic nitrogens is 2. The zero-order valence-corrected chi connectivity index (χ0v) is 11.6. The van der Waals surface area contributed by atoms with Gasteiger partial charge in [-0.15, -0.1) is 0 Å². The number of hydrogen-bond acceptors (Lipinski definition) is 3. The van der Waals surface area contributed by atoms with Crippen LogP contribution in [0.4, 0.5) is 0 Å². The van der Waals surface area contributed by atoms with Crippen LogP contribution in [0.25, 0.3) is 5.52 Å². The van der Waals surface area contributed by atoms with E-state index in [-0.39, 0.29) is 5.03 Å². The molecule has 18 heavy (non-hydrogen) atoms. The second-order valence-electron chi connectivity index (χ2n) is 4.33. The number of imidazole rings is 1. The summed E-state index contributed by atoms with van der Waals surface area (Å²) in [5, 5.41) is 0.136. The van der Waals surface area contributed by atoms with Gasteiger partial charge in [0, 0.05) is 26.7 Å². The van der Waals surface area contributed by atoms with Gasteiger partial charge in [0.1, 0.15) is 5.82 Å². The van der Waals surface area contributed by atoms with Crippen LogP contribution in [0.2, 0.25) is 0 Å². The van der Waals surface area contributed by atoms with Crippen LogP contribution in [0.1, 0.15) is 19.2 Å². The highest BCUT2D eigenvalue weighted by molar-refractivity contribution is 7.89. The minimum Gasteiger partial charge on any atom is -0.302 e. The van der Waals surface area contributed by atoms with Gasteiger partial charge in [-0.25, -0.2) is 17.7 Å². The summed E-state index contributed by atoms with van der Waals surface area (Å²) in [4.78, 5) is 4.31. The third-order valence-corrected chi connectivity index (χ3v) is 4.54. The molecular formula is C12H17N3O2S. The smallest absolute Gasteiger partial charge is 0.262 e. The summed E-state index contributed by atoms with van der Waals surface area (Å²) >= 11 is 0. The molecule has 0 saturated carbocycles. The molecule has 0 atom stereocenters. The molecule has 0 saturated heterocycles. The number of hydrogen-bond donors (Lipinski definition) is 0. The Labute approximate surface area is 107 Å². The first-order chi connectivity index (χ1) is 8.48. The first kappa shape index (κ1) is 13.0. The molecule has 0 spiro atoms. The number of pyridine rings is 1. The standard InChI is InChI=1S/C12H17N3O2S/c1-4-7-11-13-12(18(16,17)14(2)3)10-8-5-6-9-15(10)11/h5-6,8-9H,4,7H2,1-3H3. The summed E-state index contributed by atoms with van der Waals surface area (Å²) in [7, 11) is -0.466. The van der Waals surface area contributed by atoms with Crippen molar-refractivity contribution < 1.29 is 8.42 Å². The summed E-state index contributed by atoms with van der Waals surface area (Å²) < 4.78 is 27.5. The second kappa shape index (κ2) is 4.70. The first-order valence-corrected chi connectivity index (χ1v) is 7.31. The maximum atomic E-state index is 12.2. The highest BCUT2D eigenvalue weighted by atomic mass is 32.2. The molecule has 0 aliphatic rings. The minimum atomic E-state index is -3.50. The molecule has 0 aliphatic carbocycles. The summed E-state index contributed by atoms with van der Waals surface area (Å²) in [6.45, 7) is 2.05. The maximum Gasteiger partial charge on any atom is 0.262 e. The van der Waals surface area contributed by atoms with Crippen molar-refractivity contribution in [1.82, 2.24) is 13.7 Å². The number of aryl methyl sites for hydroxylation is 1. The van der Waals surface area contributed by atoms with Gasteiger partial charge >= 0.3 is 0 Å². The Bertz CT molecular complexity index is 659. The van der Waals surface area contributed by atoms with Crippen LogP contribution in [0.5, 0.6) is 0 Å². The molecule has 0 amide bonds. The van der Waals surface area contributed by atoms with Gasteiger partial charge in [0.2, 0.25) is 0 Å². The van der Waals surface area contributed by atoms with Gasteiger partial charge in [-0.2, -0.15) is 0 Å². The zero-order chi connectivity index (χ0) is 13.3. The Morgan fingerprint density at radius 3 is 2.67 bits per heavy atom. The van der Waals surface area contributed by atoms with E-state index in [0.29, 0.717) is 5.52 Å². The van der Waals surface area contributed by atoms with E-state index in [2.05, 4.69) is 4.98 Å². The van der Waals surface area contributed by atoms with Gasteiger partial charge < -0.3 is 4.40 Å². The molecule has 5 nitrogen and oxygen atoms in total. The van der Waals surface area contributed by atoms with Crippen molar-refractivity contribution in [2.24, 2.45) is 0 Å². The van der Waals surface area contributed by atoms with E-state index in [9.17, 15) is 8.42 Å². The predicted molar refractivity (Wildman–Crippen MR) is 70.1 cm³/mol. The van der Waals surface area contributed by atoms with E-state index in [1.54, 1.807) is 6.07 Å². The number of fused-ring (bicyclic) bond motifs is 1. The van der Waals surface area contributed by atoms with Crippen molar-refractivity contribution in [3.63, 3.8) is 0 Å². The number of rotatable bonds is 4. The quantitative estimate of drug-likeness (QED) is 0.844. The van der Waals surface area contributed by atoms with Gasteiger partial charge in [0.25, 0.3) is 10.0 Å². The van der Waals surface area contributed by atoms with Crippen molar-refractivity contribution in [1.29, 1.82) is 0 Å². The van der Waals surface area contributed by atoms with Gasteiger partial charge in [-0.3, -0.25) is 0 Å². The average molecular weight is 267 g/mol. The minimum absolute atomic E-state index is 0.136. The summed E-state index contributed by atoms with van der Waals surface area (Å²) in [5.41, 5.74) is 0.634. The van der Waals surface area contributed by atoms with Crippen molar-refractivity contribution in [3.05, 3.63) is 30.2 Å². The lowest BCUT2D eigenvalue weighted by Crippen LogP contribution is -2.22. The van der Waals surface area contributed by atoms with Gasteiger partial charge in [-0.1, -0.05) is 13.0 Å². The Kier molecular flexibility index (Phi) is 3.41. The molecule has 0 aliphatic heterocycles. The fourth-order valence-corrected chi connectivity index (χ4v) is 2.83. The monoisotopic (exact) mass is 267 g/mol. The zero-order valence-electron chi connectivity index (χ0n) is 10.8. The molecule has 98 valence electrons. The largest absolute Gasteiger partial charge is 0.302 e. The topological polar surface area (TPSA) is 54.7 Å². The molecule has 2 aromatic rings. The average Bonchev–Trinajstić information content (AvgIpc) is 2.70. The normalized spacial score (nSPS) is 12.4. The Balaban J connectivity index is 2.73. The molecule has 2 aromatic heterocycles. The molecule has 2 heterocycles. The fourth-order valence-electron chi connectivity index (χ4n) is 1.83. The Morgan fingerprint density at radius 1 is 1.33 bits per heavy atom. The fraction of sp³-hybridized carbons (Fsp3) is 0.417. The molecule has 0 N–H and O–H groups in total. The van der Waals surface area contributed by atoms with Crippen molar-refractivity contribution in [3.8, 4) is 0 Å². The summed E-state index contributed by atoms with van der Waals surface area (Å²) in [5.74, 6) is 0.786. The number of sulfonamides is 1. The maximum absolute atomic E-state index is 12.2. The molecule has 6 heteroatoms. The summed E-state index contributed by atoms with van der Waals surface area (Å²) in [6, 6.07) is 5.48. The predicted octanol–water partition coefficient (Wildman–Crippen LogP) is 1.54. The molecule has 0 fully saturated rings. The highest BCUT2D eigenvalue weighted by Crippen LogP contribution is 2.21. The summed E-state index contributed by atoms with van der Waals surface area (Å²) in [6.07, 6.45) is 3.53. The third kappa shape index (κ3) is 2.02. The lowest BCUT2D eigenvalue weighted by molar-refractivity contribution is 0.518. The molecule has 0 unspecified atom stereocenters.